The molecule has 118 valence electrons. The van der Waals surface area contributed by atoms with Crippen LogP contribution < -0.4 is 5.32 Å². The van der Waals surface area contributed by atoms with E-state index in [0.717, 1.165) is 29.1 Å². The van der Waals surface area contributed by atoms with Crippen molar-refractivity contribution in [3.05, 3.63) is 58.4 Å². The highest BCUT2D eigenvalue weighted by Gasteiger charge is 2.12. The first-order valence-corrected chi connectivity index (χ1v) is 7.64. The lowest BCUT2D eigenvalue weighted by molar-refractivity contribution is -0.116. The normalized spacial score (nSPS) is 11.2. The molecule has 4 nitrogen and oxygen atoms in total. The van der Waals surface area contributed by atoms with Crippen molar-refractivity contribution in [2.24, 2.45) is 0 Å². The minimum atomic E-state index is -0.371. The lowest BCUT2D eigenvalue weighted by Crippen LogP contribution is -2.19. The van der Waals surface area contributed by atoms with E-state index < -0.39 is 0 Å². The Morgan fingerprint density at radius 1 is 1.30 bits per heavy atom. The maximum absolute atomic E-state index is 11.7. The van der Waals surface area contributed by atoms with E-state index in [1.807, 2.05) is 26.0 Å². The summed E-state index contributed by atoms with van der Waals surface area (Å²) in [6.45, 7) is 6.14. The predicted molar refractivity (Wildman–Crippen MR) is 92.3 cm³/mol. The van der Waals surface area contributed by atoms with Gasteiger partial charge >= 0.3 is 0 Å². The Kier molecular flexibility index (Phi) is 5.02. The summed E-state index contributed by atoms with van der Waals surface area (Å²) in [5.41, 5.74) is 5.42. The molecule has 1 amide bonds. The van der Waals surface area contributed by atoms with Crippen LogP contribution in [-0.2, 0) is 11.2 Å². The molecule has 0 aliphatic rings. The van der Waals surface area contributed by atoms with Gasteiger partial charge in [-0.05, 0) is 55.7 Å². The van der Waals surface area contributed by atoms with Gasteiger partial charge < -0.3 is 9.88 Å². The van der Waals surface area contributed by atoms with Gasteiger partial charge in [0.25, 0.3) is 5.91 Å². The van der Waals surface area contributed by atoms with Gasteiger partial charge in [-0.1, -0.05) is 19.1 Å². The number of nitriles is 1. The van der Waals surface area contributed by atoms with Crippen molar-refractivity contribution < 1.29 is 4.79 Å². The number of amides is 1. The predicted octanol–water partition coefficient (Wildman–Crippen LogP) is 3.31. The molecule has 2 rings (SSSR count). The summed E-state index contributed by atoms with van der Waals surface area (Å²) >= 11 is 0. The summed E-state index contributed by atoms with van der Waals surface area (Å²) in [5, 5.41) is 11.6. The second-order valence-electron chi connectivity index (χ2n) is 5.43. The van der Waals surface area contributed by atoms with E-state index in [1.165, 1.54) is 12.6 Å². The molecule has 1 aromatic carbocycles. The molecular weight excluding hydrogens is 286 g/mol. The zero-order chi connectivity index (χ0) is 17.0. The third-order valence-corrected chi connectivity index (χ3v) is 3.97. The van der Waals surface area contributed by atoms with E-state index in [4.69, 9.17) is 5.26 Å². The smallest absolute Gasteiger partial charge is 0.261 e. The van der Waals surface area contributed by atoms with E-state index in [0.29, 0.717) is 0 Å². The molecule has 0 bridgehead atoms. The Hall–Kier alpha value is -2.80. The number of likely N-dealkylation sites (N-methyl/N-ethyl adjacent to an activating group) is 1. The van der Waals surface area contributed by atoms with Crippen LogP contribution in [0.25, 0.3) is 11.8 Å². The summed E-state index contributed by atoms with van der Waals surface area (Å²) in [5.74, 6) is -0.371. The Morgan fingerprint density at radius 2 is 1.96 bits per heavy atom. The van der Waals surface area contributed by atoms with Gasteiger partial charge in [-0.2, -0.15) is 5.26 Å². The van der Waals surface area contributed by atoms with Crippen LogP contribution in [0.15, 0.2) is 35.9 Å². The molecule has 1 N–H and O–H groups in total. The largest absolute Gasteiger partial charge is 0.354 e. The molecule has 2 aromatic rings. The first kappa shape index (κ1) is 16.6. The van der Waals surface area contributed by atoms with Crippen molar-refractivity contribution in [3.63, 3.8) is 0 Å². The number of benzene rings is 1. The SMILES string of the molecule is CCc1ccc(-n2c(C)cc(C=C(C#N)C(=O)NC)c2C)cc1. The summed E-state index contributed by atoms with van der Waals surface area (Å²) in [6.07, 6.45) is 2.65. The Labute approximate surface area is 137 Å². The average molecular weight is 307 g/mol. The fraction of sp³-hybridized carbons (Fsp3) is 0.263. The summed E-state index contributed by atoms with van der Waals surface area (Å²) in [4.78, 5) is 11.7. The van der Waals surface area contributed by atoms with Crippen LogP contribution >= 0.6 is 0 Å². The number of hydrogen-bond acceptors (Lipinski definition) is 2. The van der Waals surface area contributed by atoms with Crippen LogP contribution in [0, 0.1) is 25.2 Å². The Bertz CT molecular complexity index is 789. The number of aromatic nitrogens is 1. The Morgan fingerprint density at radius 3 is 2.48 bits per heavy atom. The van der Waals surface area contributed by atoms with E-state index in [-0.39, 0.29) is 11.5 Å². The second kappa shape index (κ2) is 6.97. The fourth-order valence-electron chi connectivity index (χ4n) is 2.65. The van der Waals surface area contributed by atoms with Gasteiger partial charge in [-0.25, -0.2) is 0 Å². The number of carbonyl (C=O) groups is 1. The van der Waals surface area contributed by atoms with Crippen LogP contribution in [0.5, 0.6) is 0 Å². The van der Waals surface area contributed by atoms with E-state index in [1.54, 1.807) is 6.08 Å². The Balaban J connectivity index is 2.49. The van der Waals surface area contributed by atoms with E-state index >= 15 is 0 Å². The summed E-state index contributed by atoms with van der Waals surface area (Å²) < 4.78 is 2.13. The quantitative estimate of drug-likeness (QED) is 0.696. The van der Waals surface area contributed by atoms with Crippen LogP contribution in [0.2, 0.25) is 0 Å². The average Bonchev–Trinajstić information content (AvgIpc) is 2.85. The summed E-state index contributed by atoms with van der Waals surface area (Å²) in [6, 6.07) is 12.4. The molecule has 0 unspecified atom stereocenters. The van der Waals surface area contributed by atoms with Gasteiger partial charge in [0, 0.05) is 24.1 Å². The zero-order valence-electron chi connectivity index (χ0n) is 14.0. The second-order valence-corrected chi connectivity index (χ2v) is 5.43. The van der Waals surface area contributed by atoms with Crippen molar-refractivity contribution >= 4 is 12.0 Å². The lowest BCUT2D eigenvalue weighted by atomic mass is 10.1. The van der Waals surface area contributed by atoms with Crippen LogP contribution in [0.1, 0.15) is 29.4 Å². The van der Waals surface area contributed by atoms with Crippen LogP contribution in [0.3, 0.4) is 0 Å². The molecule has 0 saturated heterocycles. The van der Waals surface area contributed by atoms with Crippen molar-refractivity contribution in [1.82, 2.24) is 9.88 Å². The minimum absolute atomic E-state index is 0.106. The molecule has 0 radical (unpaired) electrons. The highest BCUT2D eigenvalue weighted by molar-refractivity contribution is 6.01. The van der Waals surface area contributed by atoms with Crippen molar-refractivity contribution in [3.8, 4) is 11.8 Å². The van der Waals surface area contributed by atoms with E-state index in [9.17, 15) is 4.79 Å². The van der Waals surface area contributed by atoms with Crippen molar-refractivity contribution in [1.29, 1.82) is 5.26 Å². The van der Waals surface area contributed by atoms with Gasteiger partial charge in [0.1, 0.15) is 11.6 Å². The summed E-state index contributed by atoms with van der Waals surface area (Å²) in [7, 11) is 1.52. The molecule has 0 atom stereocenters. The number of hydrogen-bond donors (Lipinski definition) is 1. The maximum atomic E-state index is 11.7. The third kappa shape index (κ3) is 3.35. The molecule has 0 fully saturated rings. The van der Waals surface area contributed by atoms with Gasteiger partial charge in [0.05, 0.1) is 0 Å². The third-order valence-electron chi connectivity index (χ3n) is 3.97. The van der Waals surface area contributed by atoms with Gasteiger partial charge in [0.15, 0.2) is 0 Å². The van der Waals surface area contributed by atoms with E-state index in [2.05, 4.69) is 41.1 Å². The topological polar surface area (TPSA) is 57.8 Å². The number of carbonyl (C=O) groups excluding carboxylic acids is 1. The molecule has 1 heterocycles. The fourth-order valence-corrected chi connectivity index (χ4v) is 2.65. The van der Waals surface area contributed by atoms with Crippen LogP contribution in [-0.4, -0.2) is 17.5 Å². The molecule has 0 saturated carbocycles. The molecular formula is C19H21N3O. The minimum Gasteiger partial charge on any atom is -0.354 e. The molecule has 0 spiro atoms. The number of nitrogens with zero attached hydrogens (tertiary/aromatic N) is 2. The molecule has 4 heteroatoms. The monoisotopic (exact) mass is 307 g/mol. The first-order valence-electron chi connectivity index (χ1n) is 7.64. The van der Waals surface area contributed by atoms with Gasteiger partial charge in [-0.15, -0.1) is 0 Å². The van der Waals surface area contributed by atoms with Crippen molar-refractivity contribution in [2.45, 2.75) is 27.2 Å². The standard InChI is InChI=1S/C19H21N3O/c1-5-15-6-8-18(9-7-15)22-13(2)10-16(14(22)3)11-17(12-20)19(23)21-4/h6-11H,5H2,1-4H3,(H,21,23). The lowest BCUT2D eigenvalue weighted by Gasteiger charge is -2.10. The van der Waals surface area contributed by atoms with Gasteiger partial charge in [-0.3, -0.25) is 4.79 Å². The number of rotatable bonds is 4. The zero-order valence-corrected chi connectivity index (χ0v) is 14.0. The highest BCUT2D eigenvalue weighted by Crippen LogP contribution is 2.23. The van der Waals surface area contributed by atoms with Crippen LogP contribution in [0.4, 0.5) is 0 Å². The van der Waals surface area contributed by atoms with Gasteiger partial charge in [0.2, 0.25) is 0 Å². The van der Waals surface area contributed by atoms with Crippen molar-refractivity contribution in [2.75, 3.05) is 7.05 Å². The first-order chi connectivity index (χ1) is 11.0. The number of aryl methyl sites for hydroxylation is 2. The molecule has 0 aliphatic heterocycles. The molecule has 0 aliphatic carbocycles. The highest BCUT2D eigenvalue weighted by atomic mass is 16.1. The molecule has 1 aromatic heterocycles. The number of nitrogens with one attached hydrogen (secondary N) is 1. The molecule has 23 heavy (non-hydrogen) atoms. The maximum Gasteiger partial charge on any atom is 0.261 e.